The van der Waals surface area contributed by atoms with Crippen molar-refractivity contribution in [1.82, 2.24) is 5.32 Å². The van der Waals surface area contributed by atoms with Crippen LogP contribution >= 0.6 is 11.6 Å². The average molecular weight is 400 g/mol. The van der Waals surface area contributed by atoms with Gasteiger partial charge in [-0.25, -0.2) is 18.2 Å². The number of hydrogen-bond acceptors (Lipinski definition) is 2. The second-order valence-corrected chi connectivity index (χ2v) is 6.14. The summed E-state index contributed by atoms with van der Waals surface area (Å²) >= 11 is 5.83. The van der Waals surface area contributed by atoms with E-state index < -0.39 is 17.6 Å². The van der Waals surface area contributed by atoms with Crippen LogP contribution in [-0.2, 0) is 4.79 Å². The van der Waals surface area contributed by atoms with Crippen LogP contribution in [0.3, 0.4) is 0 Å². The second-order valence-electron chi connectivity index (χ2n) is 5.71. The van der Waals surface area contributed by atoms with E-state index in [1.807, 2.05) is 13.8 Å². The number of rotatable bonds is 7. The fourth-order valence-corrected chi connectivity index (χ4v) is 2.26. The lowest BCUT2D eigenvalue weighted by atomic mass is 10.2. The maximum Gasteiger partial charge on any atom is 0.257 e. The largest absolute Gasteiger partial charge is 0.326 e. The van der Waals surface area contributed by atoms with Crippen LogP contribution in [0, 0.1) is 5.82 Å². The molecule has 0 bridgehead atoms. The van der Waals surface area contributed by atoms with Crippen LogP contribution in [0.4, 0.5) is 18.9 Å². The van der Waals surface area contributed by atoms with E-state index in [1.165, 1.54) is 12.1 Å². The van der Waals surface area contributed by atoms with E-state index in [-0.39, 0.29) is 34.6 Å². The fraction of sp³-hybridized carbons (Fsp3) is 0.263. The zero-order valence-corrected chi connectivity index (χ0v) is 15.8. The first kappa shape index (κ1) is 22.5. The maximum atomic E-state index is 13.5. The van der Waals surface area contributed by atoms with Crippen molar-refractivity contribution in [2.24, 2.45) is 4.99 Å². The minimum absolute atomic E-state index is 0.0543. The number of aliphatic imine (C=N–C) groups is 1. The van der Waals surface area contributed by atoms with E-state index in [1.54, 1.807) is 0 Å². The molecule has 0 aliphatic rings. The average Bonchev–Trinajstić information content (AvgIpc) is 2.58. The second kappa shape index (κ2) is 11.2. The van der Waals surface area contributed by atoms with Crippen LogP contribution in [0.2, 0.25) is 5.02 Å². The van der Waals surface area contributed by atoms with Crippen molar-refractivity contribution in [3.05, 3.63) is 65.5 Å². The van der Waals surface area contributed by atoms with Gasteiger partial charge in [0.2, 0.25) is 5.96 Å². The van der Waals surface area contributed by atoms with Gasteiger partial charge in [-0.1, -0.05) is 31.5 Å². The molecule has 1 aromatic rings. The van der Waals surface area contributed by atoms with Crippen LogP contribution in [-0.4, -0.2) is 17.9 Å². The minimum atomic E-state index is -1.15. The lowest BCUT2D eigenvalue weighted by Gasteiger charge is -2.14. The molecule has 0 aliphatic carbocycles. The predicted molar refractivity (Wildman–Crippen MR) is 104 cm³/mol. The van der Waals surface area contributed by atoms with Crippen molar-refractivity contribution >= 4 is 29.2 Å². The molecule has 146 valence electrons. The normalized spacial score (nSPS) is 13.6. The summed E-state index contributed by atoms with van der Waals surface area (Å²) in [7, 11) is 0. The Morgan fingerprint density at radius 1 is 1.37 bits per heavy atom. The van der Waals surface area contributed by atoms with E-state index in [9.17, 15) is 18.0 Å². The molecule has 1 unspecified atom stereocenters. The first-order valence-electron chi connectivity index (χ1n) is 8.20. The molecule has 0 radical (unpaired) electrons. The quantitative estimate of drug-likeness (QED) is 0.277. The van der Waals surface area contributed by atoms with Gasteiger partial charge < -0.3 is 5.32 Å². The lowest BCUT2D eigenvalue weighted by Crippen LogP contribution is -2.37. The number of anilines is 1. The first-order chi connectivity index (χ1) is 12.7. The molecule has 0 aliphatic heterocycles. The maximum absolute atomic E-state index is 13.5. The molecule has 27 heavy (non-hydrogen) atoms. The number of carbonyl (C=O) groups is 1. The number of halogens is 4. The molecule has 0 fully saturated rings. The molecule has 4 nitrogen and oxygen atoms in total. The van der Waals surface area contributed by atoms with E-state index in [4.69, 9.17) is 11.6 Å². The van der Waals surface area contributed by atoms with Gasteiger partial charge in [0.1, 0.15) is 12.1 Å². The molecule has 0 aromatic heterocycles. The molecule has 2 N–H and O–H groups in total. The Bertz CT molecular complexity index is 755. The van der Waals surface area contributed by atoms with E-state index >= 15 is 0 Å². The number of nitrogens with zero attached hydrogens (tertiary/aromatic N) is 1. The Balaban J connectivity index is 2.99. The molecular formula is C19H21ClF3N3O. The summed E-state index contributed by atoms with van der Waals surface area (Å²) in [6.07, 6.45) is 3.18. The monoisotopic (exact) mass is 399 g/mol. The van der Waals surface area contributed by atoms with Gasteiger partial charge in [-0.2, -0.15) is 0 Å². The Hall–Kier alpha value is -2.54. The third-order valence-corrected chi connectivity index (χ3v) is 3.47. The van der Waals surface area contributed by atoms with Crippen molar-refractivity contribution in [3.8, 4) is 0 Å². The van der Waals surface area contributed by atoms with Crippen molar-refractivity contribution in [3.63, 3.8) is 0 Å². The highest BCUT2D eigenvalue weighted by molar-refractivity contribution is 6.31. The molecule has 1 aromatic carbocycles. The summed E-state index contributed by atoms with van der Waals surface area (Å²) in [5.41, 5.74) is 0.164. The van der Waals surface area contributed by atoms with Gasteiger partial charge >= 0.3 is 0 Å². The lowest BCUT2D eigenvalue weighted by molar-refractivity contribution is -0.115. The minimum Gasteiger partial charge on any atom is -0.326 e. The number of hydrogen-bond donors (Lipinski definition) is 2. The third kappa shape index (κ3) is 8.59. The number of carbonyl (C=O) groups excluding carboxylic acids is 1. The van der Waals surface area contributed by atoms with Crippen LogP contribution in [0.5, 0.6) is 0 Å². The molecule has 8 heteroatoms. The summed E-state index contributed by atoms with van der Waals surface area (Å²) in [6.45, 7) is 7.33. The van der Waals surface area contributed by atoms with Gasteiger partial charge in [-0.05, 0) is 43.7 Å². The Morgan fingerprint density at radius 2 is 2.07 bits per heavy atom. The third-order valence-electron chi connectivity index (χ3n) is 3.25. The molecule has 1 rings (SSSR count). The first-order valence-corrected chi connectivity index (χ1v) is 8.58. The zero-order chi connectivity index (χ0) is 20.4. The van der Waals surface area contributed by atoms with Crippen molar-refractivity contribution in [1.29, 1.82) is 0 Å². The standard InChI is InChI=1S/C19H21ClF3N3O/c1-4-5-13(3)24-19(25-17-9-14(20)8-16(23)10-17)26-18(27)12(2)6-7-15(22)11-21/h6-11,13H,2,4-5H2,1,3H3,(H2,24,25,26,27)/b7-6-,15-11-. The SMILES string of the molecule is C=C(/C=C\C(F)=C\F)C(=O)NC(=NC(C)CCC)Nc1cc(F)cc(Cl)c1. The van der Waals surface area contributed by atoms with Gasteiger partial charge in [-0.3, -0.25) is 10.1 Å². The van der Waals surface area contributed by atoms with Crippen molar-refractivity contribution < 1.29 is 18.0 Å². The molecular weight excluding hydrogens is 379 g/mol. The number of nitrogens with one attached hydrogen (secondary N) is 2. The molecule has 0 saturated heterocycles. The van der Waals surface area contributed by atoms with Crippen LogP contribution in [0.25, 0.3) is 0 Å². The van der Waals surface area contributed by atoms with Crippen molar-refractivity contribution in [2.45, 2.75) is 32.7 Å². The highest BCUT2D eigenvalue weighted by Crippen LogP contribution is 2.18. The zero-order valence-electron chi connectivity index (χ0n) is 15.0. The number of guanidine groups is 1. The summed E-state index contributed by atoms with van der Waals surface area (Å²) < 4.78 is 38.3. The van der Waals surface area contributed by atoms with Gasteiger partial charge in [0.25, 0.3) is 5.91 Å². The van der Waals surface area contributed by atoms with E-state index in [2.05, 4.69) is 22.2 Å². The topological polar surface area (TPSA) is 53.5 Å². The van der Waals surface area contributed by atoms with Gasteiger partial charge in [0.05, 0.1) is 6.04 Å². The van der Waals surface area contributed by atoms with Crippen LogP contribution in [0.15, 0.2) is 59.7 Å². The summed E-state index contributed by atoms with van der Waals surface area (Å²) in [5, 5.41) is 5.45. The van der Waals surface area contributed by atoms with Crippen molar-refractivity contribution in [2.75, 3.05) is 5.32 Å². The highest BCUT2D eigenvalue weighted by atomic mass is 35.5. The molecule has 0 saturated carbocycles. The van der Waals surface area contributed by atoms with Gasteiger partial charge in [-0.15, -0.1) is 0 Å². The van der Waals surface area contributed by atoms with Gasteiger partial charge in [0, 0.05) is 16.3 Å². The molecule has 0 heterocycles. The number of allylic oxidation sites excluding steroid dienone is 2. The van der Waals surface area contributed by atoms with E-state index in [0.29, 0.717) is 0 Å². The van der Waals surface area contributed by atoms with Gasteiger partial charge in [0.15, 0.2) is 5.83 Å². The fourth-order valence-electron chi connectivity index (χ4n) is 2.04. The summed E-state index contributed by atoms with van der Waals surface area (Å²) in [4.78, 5) is 16.6. The van der Waals surface area contributed by atoms with Crippen LogP contribution in [0.1, 0.15) is 26.7 Å². The Labute approximate surface area is 161 Å². The molecule has 1 atom stereocenters. The molecule has 0 spiro atoms. The molecule has 1 amide bonds. The van der Waals surface area contributed by atoms with E-state index in [0.717, 1.165) is 31.1 Å². The Kier molecular flexibility index (Phi) is 9.36. The smallest absolute Gasteiger partial charge is 0.257 e. The van der Waals surface area contributed by atoms with Crippen LogP contribution < -0.4 is 10.6 Å². The highest BCUT2D eigenvalue weighted by Gasteiger charge is 2.11. The predicted octanol–water partition coefficient (Wildman–Crippen LogP) is 5.44. The summed E-state index contributed by atoms with van der Waals surface area (Å²) in [5.74, 6) is -2.34. The number of amides is 1. The summed E-state index contributed by atoms with van der Waals surface area (Å²) in [6, 6.07) is 3.67. The Morgan fingerprint density at radius 3 is 2.67 bits per heavy atom. The number of benzene rings is 1.